The molecule has 2 saturated heterocycles. The van der Waals surface area contributed by atoms with E-state index in [1.807, 2.05) is 49.5 Å². The number of piperazine rings is 1. The molecule has 0 radical (unpaired) electrons. The van der Waals surface area contributed by atoms with Crippen molar-refractivity contribution in [1.29, 1.82) is 0 Å². The minimum absolute atomic E-state index is 0.0507. The summed E-state index contributed by atoms with van der Waals surface area (Å²) < 4.78 is 5.51. The predicted molar refractivity (Wildman–Crippen MR) is 130 cm³/mol. The molecule has 3 aliphatic heterocycles. The fourth-order valence-corrected chi connectivity index (χ4v) is 6.55. The van der Waals surface area contributed by atoms with Crippen LogP contribution in [0.25, 0.3) is 0 Å². The Morgan fingerprint density at radius 1 is 0.970 bits per heavy atom. The number of urea groups is 1. The molecule has 3 heterocycles. The van der Waals surface area contributed by atoms with Gasteiger partial charge in [0, 0.05) is 44.7 Å². The number of para-hydroxylation sites is 2. The Balaban J connectivity index is 1.15. The van der Waals surface area contributed by atoms with Crippen LogP contribution in [0.5, 0.6) is 5.75 Å². The van der Waals surface area contributed by atoms with Crippen molar-refractivity contribution in [3.63, 3.8) is 0 Å². The smallest absolute Gasteiger partial charge is 0.327 e. The SMILES string of the molecule is COc1ccccc1N1CCN(CCCN2C(=O)C3Sc4ccccc4C3N(C)C2=O)CC1. The van der Waals surface area contributed by atoms with Crippen LogP contribution in [0.15, 0.2) is 53.4 Å². The van der Waals surface area contributed by atoms with Gasteiger partial charge in [-0.05, 0) is 36.7 Å². The number of hydrogen-bond donors (Lipinski definition) is 0. The van der Waals surface area contributed by atoms with E-state index < -0.39 is 0 Å². The molecule has 2 aromatic carbocycles. The maximum atomic E-state index is 13.2. The molecular formula is C25H30N4O3S. The van der Waals surface area contributed by atoms with Crippen molar-refractivity contribution in [2.24, 2.45) is 0 Å². The highest BCUT2D eigenvalue weighted by atomic mass is 32.2. The number of ether oxygens (including phenoxy) is 1. The average molecular weight is 467 g/mol. The van der Waals surface area contributed by atoms with Crippen molar-refractivity contribution >= 4 is 29.4 Å². The number of carbonyl (C=O) groups is 2. The second kappa shape index (κ2) is 9.27. The van der Waals surface area contributed by atoms with Gasteiger partial charge in [-0.1, -0.05) is 30.3 Å². The third-order valence-electron chi connectivity index (χ3n) is 6.89. The number of benzene rings is 2. The highest BCUT2D eigenvalue weighted by molar-refractivity contribution is 8.01. The molecule has 2 atom stereocenters. The summed E-state index contributed by atoms with van der Waals surface area (Å²) in [6, 6.07) is 15.8. The molecule has 174 valence electrons. The van der Waals surface area contributed by atoms with Crippen LogP contribution < -0.4 is 9.64 Å². The summed E-state index contributed by atoms with van der Waals surface area (Å²) in [7, 11) is 3.53. The number of nitrogens with zero attached hydrogens (tertiary/aromatic N) is 4. The van der Waals surface area contributed by atoms with Gasteiger partial charge >= 0.3 is 6.03 Å². The quantitative estimate of drug-likeness (QED) is 0.651. The Morgan fingerprint density at radius 2 is 1.70 bits per heavy atom. The van der Waals surface area contributed by atoms with Crippen LogP contribution in [0.4, 0.5) is 10.5 Å². The zero-order chi connectivity index (χ0) is 22.9. The first-order chi connectivity index (χ1) is 16.1. The van der Waals surface area contributed by atoms with Crippen molar-refractivity contribution in [3.05, 3.63) is 54.1 Å². The number of thioether (sulfide) groups is 1. The predicted octanol–water partition coefficient (Wildman–Crippen LogP) is 3.32. The highest BCUT2D eigenvalue weighted by Gasteiger charge is 2.49. The lowest BCUT2D eigenvalue weighted by Crippen LogP contribution is -2.57. The van der Waals surface area contributed by atoms with Gasteiger partial charge in [0.15, 0.2) is 0 Å². The van der Waals surface area contributed by atoms with E-state index in [1.165, 1.54) is 4.90 Å². The van der Waals surface area contributed by atoms with E-state index in [2.05, 4.69) is 15.9 Å². The minimum atomic E-state index is -0.241. The molecule has 3 aliphatic rings. The summed E-state index contributed by atoms with van der Waals surface area (Å²) in [6.45, 7) is 5.12. The highest BCUT2D eigenvalue weighted by Crippen LogP contribution is 2.49. The largest absolute Gasteiger partial charge is 0.495 e. The van der Waals surface area contributed by atoms with Crippen LogP contribution in [-0.2, 0) is 4.79 Å². The molecule has 2 fully saturated rings. The molecule has 8 heteroatoms. The molecule has 0 N–H and O–H groups in total. The summed E-state index contributed by atoms with van der Waals surface area (Å²) in [5, 5.41) is -0.241. The van der Waals surface area contributed by atoms with E-state index in [1.54, 1.807) is 23.8 Å². The fraction of sp³-hybridized carbons (Fsp3) is 0.440. The number of carbonyl (C=O) groups excluding carboxylic acids is 2. The topological polar surface area (TPSA) is 56.3 Å². The molecule has 0 bridgehead atoms. The first kappa shape index (κ1) is 22.1. The summed E-state index contributed by atoms with van der Waals surface area (Å²) >= 11 is 1.59. The zero-order valence-corrected chi connectivity index (χ0v) is 20.0. The van der Waals surface area contributed by atoms with Crippen LogP contribution in [0.2, 0.25) is 0 Å². The van der Waals surface area contributed by atoms with Gasteiger partial charge in [-0.25, -0.2) is 4.79 Å². The molecule has 0 aliphatic carbocycles. The van der Waals surface area contributed by atoms with Gasteiger partial charge in [0.2, 0.25) is 5.91 Å². The van der Waals surface area contributed by atoms with Gasteiger partial charge in [0.05, 0.1) is 18.8 Å². The Labute approximate surface area is 199 Å². The van der Waals surface area contributed by atoms with E-state index in [0.29, 0.717) is 6.54 Å². The van der Waals surface area contributed by atoms with Crippen LogP contribution in [0.3, 0.4) is 0 Å². The number of hydrogen-bond acceptors (Lipinski definition) is 6. The molecular weight excluding hydrogens is 436 g/mol. The van der Waals surface area contributed by atoms with Gasteiger partial charge in [0.1, 0.15) is 11.0 Å². The number of methoxy groups -OCH3 is 1. The summed E-state index contributed by atoms with van der Waals surface area (Å²) in [5.74, 6) is 0.854. The molecule has 7 nitrogen and oxygen atoms in total. The molecule has 0 spiro atoms. The Kier molecular flexibility index (Phi) is 6.21. The van der Waals surface area contributed by atoms with Crippen molar-refractivity contribution in [1.82, 2.24) is 14.7 Å². The lowest BCUT2D eigenvalue weighted by Gasteiger charge is -2.40. The lowest BCUT2D eigenvalue weighted by atomic mass is 10.00. The van der Waals surface area contributed by atoms with E-state index in [4.69, 9.17) is 4.74 Å². The first-order valence-corrected chi connectivity index (χ1v) is 12.4. The molecule has 0 aromatic heterocycles. The first-order valence-electron chi connectivity index (χ1n) is 11.5. The lowest BCUT2D eigenvalue weighted by molar-refractivity contribution is -0.131. The van der Waals surface area contributed by atoms with E-state index in [0.717, 1.165) is 61.0 Å². The minimum Gasteiger partial charge on any atom is -0.495 e. The van der Waals surface area contributed by atoms with E-state index in [9.17, 15) is 9.59 Å². The maximum absolute atomic E-state index is 13.2. The van der Waals surface area contributed by atoms with Crippen molar-refractivity contribution < 1.29 is 14.3 Å². The fourth-order valence-electron chi connectivity index (χ4n) is 5.11. The Morgan fingerprint density at radius 3 is 2.48 bits per heavy atom. The average Bonchev–Trinajstić information content (AvgIpc) is 3.25. The molecule has 2 unspecified atom stereocenters. The third-order valence-corrected chi connectivity index (χ3v) is 8.23. The van der Waals surface area contributed by atoms with Gasteiger partial charge < -0.3 is 14.5 Å². The standard InChI is InChI=1S/C25H30N4O3S/c1-26-22-18-8-3-6-11-21(18)33-23(22)24(30)29(25(26)31)13-7-12-27-14-16-28(17-15-27)19-9-4-5-10-20(19)32-2/h3-6,8-11,22-23H,7,12-17H2,1-2H3. The van der Waals surface area contributed by atoms with E-state index in [-0.39, 0.29) is 23.2 Å². The molecule has 33 heavy (non-hydrogen) atoms. The van der Waals surface area contributed by atoms with Crippen LogP contribution in [0.1, 0.15) is 18.0 Å². The zero-order valence-electron chi connectivity index (χ0n) is 19.1. The Bertz CT molecular complexity index is 1040. The molecule has 5 rings (SSSR count). The number of amides is 3. The Hall–Kier alpha value is -2.71. The van der Waals surface area contributed by atoms with Crippen LogP contribution in [-0.4, -0.2) is 85.3 Å². The van der Waals surface area contributed by atoms with Crippen molar-refractivity contribution in [2.75, 3.05) is 58.3 Å². The second-order valence-corrected chi connectivity index (χ2v) is 9.94. The summed E-state index contributed by atoms with van der Waals surface area (Å²) in [5.41, 5.74) is 2.22. The van der Waals surface area contributed by atoms with Gasteiger partial charge in [0.25, 0.3) is 0 Å². The van der Waals surface area contributed by atoms with Gasteiger partial charge in [-0.15, -0.1) is 11.8 Å². The van der Waals surface area contributed by atoms with Crippen molar-refractivity contribution in [2.45, 2.75) is 22.6 Å². The van der Waals surface area contributed by atoms with Crippen LogP contribution in [0, 0.1) is 0 Å². The molecule has 0 saturated carbocycles. The van der Waals surface area contributed by atoms with Crippen molar-refractivity contribution in [3.8, 4) is 5.75 Å². The number of rotatable bonds is 6. The number of fused-ring (bicyclic) bond motifs is 3. The summed E-state index contributed by atoms with van der Waals surface area (Å²) in [6.07, 6.45) is 0.787. The van der Waals surface area contributed by atoms with Crippen LogP contribution >= 0.6 is 11.8 Å². The molecule has 3 amide bonds. The van der Waals surface area contributed by atoms with E-state index >= 15 is 0 Å². The third kappa shape index (κ3) is 4.06. The maximum Gasteiger partial charge on any atom is 0.327 e. The number of anilines is 1. The molecule has 2 aromatic rings. The van der Waals surface area contributed by atoms with Gasteiger partial charge in [-0.2, -0.15) is 0 Å². The second-order valence-electron chi connectivity index (χ2n) is 8.76. The number of imide groups is 1. The monoisotopic (exact) mass is 466 g/mol. The van der Waals surface area contributed by atoms with Gasteiger partial charge in [-0.3, -0.25) is 14.6 Å². The normalized spacial score (nSPS) is 23.0. The summed E-state index contributed by atoms with van der Waals surface area (Å²) in [4.78, 5) is 35.3.